The van der Waals surface area contributed by atoms with Crippen LogP contribution in [0.25, 0.3) is 0 Å². The molecule has 3 N–H and O–H groups in total. The topological polar surface area (TPSA) is 38.0 Å². The highest BCUT2D eigenvalue weighted by Gasteiger charge is 2.13. The van der Waals surface area contributed by atoms with Crippen LogP contribution in [0.5, 0.6) is 0 Å². The van der Waals surface area contributed by atoms with Gasteiger partial charge in [0.1, 0.15) is 0 Å². The van der Waals surface area contributed by atoms with Crippen LogP contribution < -0.4 is 11.1 Å². The molecule has 0 spiro atoms. The SMILES string of the molecule is Nc1ccc(NCCCCC(c2ccccc2)c2ccccc2)cc1. The van der Waals surface area contributed by atoms with Crippen molar-refractivity contribution in [3.8, 4) is 0 Å². The molecular weight excluding hydrogens is 304 g/mol. The molecule has 0 aliphatic rings. The summed E-state index contributed by atoms with van der Waals surface area (Å²) in [7, 11) is 0. The zero-order valence-electron chi connectivity index (χ0n) is 14.6. The highest BCUT2D eigenvalue weighted by Crippen LogP contribution is 2.29. The second kappa shape index (κ2) is 8.93. The lowest BCUT2D eigenvalue weighted by molar-refractivity contribution is 0.639. The minimum atomic E-state index is 0.471. The Morgan fingerprint density at radius 2 is 1.24 bits per heavy atom. The number of anilines is 2. The Morgan fingerprint density at radius 3 is 1.80 bits per heavy atom. The van der Waals surface area contributed by atoms with Crippen LogP contribution in [0.1, 0.15) is 36.3 Å². The van der Waals surface area contributed by atoms with Gasteiger partial charge in [0.15, 0.2) is 0 Å². The third-order valence-corrected chi connectivity index (χ3v) is 4.56. The molecule has 3 aromatic carbocycles. The van der Waals surface area contributed by atoms with Gasteiger partial charge in [-0.15, -0.1) is 0 Å². The Balaban J connectivity index is 1.53. The van der Waals surface area contributed by atoms with Gasteiger partial charge in [0.25, 0.3) is 0 Å². The lowest BCUT2D eigenvalue weighted by Crippen LogP contribution is -2.05. The van der Waals surface area contributed by atoms with Crippen LogP contribution in [0.2, 0.25) is 0 Å². The zero-order chi connectivity index (χ0) is 17.3. The van der Waals surface area contributed by atoms with Gasteiger partial charge in [0.2, 0.25) is 0 Å². The molecule has 0 atom stereocenters. The fourth-order valence-electron chi connectivity index (χ4n) is 3.20. The molecule has 0 aliphatic heterocycles. The normalized spacial score (nSPS) is 10.8. The van der Waals surface area contributed by atoms with E-state index in [9.17, 15) is 0 Å². The Kier molecular flexibility index (Phi) is 6.11. The summed E-state index contributed by atoms with van der Waals surface area (Å²) in [6.45, 7) is 0.986. The largest absolute Gasteiger partial charge is 0.399 e. The van der Waals surface area contributed by atoms with Crippen LogP contribution in [-0.2, 0) is 0 Å². The quantitative estimate of drug-likeness (QED) is 0.412. The molecule has 2 nitrogen and oxygen atoms in total. The zero-order valence-corrected chi connectivity index (χ0v) is 14.6. The van der Waals surface area contributed by atoms with Gasteiger partial charge in [-0.05, 0) is 48.2 Å². The third-order valence-electron chi connectivity index (χ3n) is 4.56. The Bertz CT molecular complexity index is 697. The van der Waals surface area contributed by atoms with Crippen molar-refractivity contribution in [2.24, 2.45) is 0 Å². The summed E-state index contributed by atoms with van der Waals surface area (Å²) in [6, 6.07) is 29.6. The molecule has 0 radical (unpaired) electrons. The fourth-order valence-corrected chi connectivity index (χ4v) is 3.20. The first kappa shape index (κ1) is 17.1. The molecule has 0 amide bonds. The monoisotopic (exact) mass is 330 g/mol. The molecule has 0 heterocycles. The molecule has 128 valence electrons. The summed E-state index contributed by atoms with van der Waals surface area (Å²) in [4.78, 5) is 0. The summed E-state index contributed by atoms with van der Waals surface area (Å²) in [5.74, 6) is 0.471. The maximum absolute atomic E-state index is 5.72. The third kappa shape index (κ3) is 5.12. The smallest absolute Gasteiger partial charge is 0.0341 e. The van der Waals surface area contributed by atoms with E-state index in [0.717, 1.165) is 30.8 Å². The summed E-state index contributed by atoms with van der Waals surface area (Å²) in [6.07, 6.45) is 3.51. The van der Waals surface area contributed by atoms with Crippen LogP contribution >= 0.6 is 0 Å². The van der Waals surface area contributed by atoms with Crippen molar-refractivity contribution in [2.75, 3.05) is 17.6 Å². The van der Waals surface area contributed by atoms with Crippen LogP contribution in [0.4, 0.5) is 11.4 Å². The van der Waals surface area contributed by atoms with Crippen LogP contribution in [0.3, 0.4) is 0 Å². The second-order valence-electron chi connectivity index (χ2n) is 6.42. The van der Waals surface area contributed by atoms with E-state index in [1.165, 1.54) is 17.5 Å². The molecule has 0 aromatic heterocycles. The van der Waals surface area contributed by atoms with Crippen LogP contribution in [-0.4, -0.2) is 6.54 Å². The summed E-state index contributed by atoms with van der Waals surface area (Å²) < 4.78 is 0. The van der Waals surface area contributed by atoms with Gasteiger partial charge in [-0.3, -0.25) is 0 Å². The number of unbranched alkanes of at least 4 members (excludes halogenated alkanes) is 1. The van der Waals surface area contributed by atoms with E-state index < -0.39 is 0 Å². The van der Waals surface area contributed by atoms with E-state index >= 15 is 0 Å². The van der Waals surface area contributed by atoms with Crippen LogP contribution in [0.15, 0.2) is 84.9 Å². The van der Waals surface area contributed by atoms with Gasteiger partial charge in [-0.1, -0.05) is 67.1 Å². The van der Waals surface area contributed by atoms with Gasteiger partial charge < -0.3 is 11.1 Å². The van der Waals surface area contributed by atoms with Crippen molar-refractivity contribution in [1.82, 2.24) is 0 Å². The molecule has 0 saturated heterocycles. The average Bonchev–Trinajstić information content (AvgIpc) is 2.67. The first-order chi connectivity index (χ1) is 12.3. The van der Waals surface area contributed by atoms with E-state index in [0.29, 0.717) is 5.92 Å². The molecule has 0 unspecified atom stereocenters. The maximum Gasteiger partial charge on any atom is 0.0341 e. The number of hydrogen-bond acceptors (Lipinski definition) is 2. The molecule has 25 heavy (non-hydrogen) atoms. The highest BCUT2D eigenvalue weighted by molar-refractivity contribution is 5.51. The molecular formula is C23H26N2. The molecule has 0 bridgehead atoms. The second-order valence-corrected chi connectivity index (χ2v) is 6.42. The first-order valence-electron chi connectivity index (χ1n) is 9.02. The van der Waals surface area contributed by atoms with E-state index in [2.05, 4.69) is 66.0 Å². The number of rotatable bonds is 8. The predicted octanol–water partition coefficient (Wildman–Crippen LogP) is 5.68. The van der Waals surface area contributed by atoms with Crippen molar-refractivity contribution in [3.63, 3.8) is 0 Å². The maximum atomic E-state index is 5.72. The van der Waals surface area contributed by atoms with Gasteiger partial charge in [0, 0.05) is 23.8 Å². The Labute approximate surface area is 150 Å². The first-order valence-corrected chi connectivity index (χ1v) is 9.02. The molecule has 0 aliphatic carbocycles. The van der Waals surface area contributed by atoms with Gasteiger partial charge in [-0.25, -0.2) is 0 Å². The average molecular weight is 330 g/mol. The Morgan fingerprint density at radius 1 is 0.680 bits per heavy atom. The number of nitrogens with two attached hydrogens (primary N) is 1. The number of nitrogen functional groups attached to an aromatic ring is 1. The van der Waals surface area contributed by atoms with Crippen LogP contribution in [0, 0.1) is 0 Å². The highest BCUT2D eigenvalue weighted by atomic mass is 14.9. The minimum Gasteiger partial charge on any atom is -0.399 e. The molecule has 2 heteroatoms. The van der Waals surface area contributed by atoms with Gasteiger partial charge >= 0.3 is 0 Å². The van der Waals surface area contributed by atoms with E-state index in [4.69, 9.17) is 5.73 Å². The van der Waals surface area contributed by atoms with Crippen molar-refractivity contribution < 1.29 is 0 Å². The van der Waals surface area contributed by atoms with Crippen molar-refractivity contribution in [3.05, 3.63) is 96.1 Å². The van der Waals surface area contributed by atoms with Crippen molar-refractivity contribution >= 4 is 11.4 Å². The fraction of sp³-hybridized carbons (Fsp3) is 0.217. The number of nitrogens with one attached hydrogen (secondary N) is 1. The lowest BCUT2D eigenvalue weighted by atomic mass is 9.87. The van der Waals surface area contributed by atoms with E-state index in [1.807, 2.05) is 24.3 Å². The summed E-state index contributed by atoms with van der Waals surface area (Å²) >= 11 is 0. The number of hydrogen-bond donors (Lipinski definition) is 2. The Hall–Kier alpha value is -2.74. The minimum absolute atomic E-state index is 0.471. The molecule has 0 fully saturated rings. The van der Waals surface area contributed by atoms with Crippen molar-refractivity contribution in [2.45, 2.75) is 25.2 Å². The number of benzene rings is 3. The van der Waals surface area contributed by atoms with E-state index in [-0.39, 0.29) is 0 Å². The van der Waals surface area contributed by atoms with Gasteiger partial charge in [0.05, 0.1) is 0 Å². The summed E-state index contributed by atoms with van der Waals surface area (Å²) in [5.41, 5.74) is 10.5. The van der Waals surface area contributed by atoms with E-state index in [1.54, 1.807) is 0 Å². The molecule has 3 aromatic rings. The van der Waals surface area contributed by atoms with Gasteiger partial charge in [-0.2, -0.15) is 0 Å². The summed E-state index contributed by atoms with van der Waals surface area (Å²) in [5, 5.41) is 3.47. The lowest BCUT2D eigenvalue weighted by Gasteiger charge is -2.18. The molecule has 3 rings (SSSR count). The molecule has 0 saturated carbocycles. The standard InChI is InChI=1S/C23H26N2/c24-21-14-16-22(17-15-21)25-18-8-7-13-23(19-9-3-1-4-10-19)20-11-5-2-6-12-20/h1-6,9-12,14-17,23,25H,7-8,13,18,24H2. The predicted molar refractivity (Wildman–Crippen MR) is 108 cm³/mol. The van der Waals surface area contributed by atoms with Crippen molar-refractivity contribution in [1.29, 1.82) is 0 Å².